The van der Waals surface area contributed by atoms with Crippen molar-refractivity contribution >= 4 is 15.9 Å². The fourth-order valence-corrected chi connectivity index (χ4v) is 3.75. The van der Waals surface area contributed by atoms with Gasteiger partial charge >= 0.3 is 0 Å². The summed E-state index contributed by atoms with van der Waals surface area (Å²) in [6.45, 7) is 1.84. The molecule has 1 aliphatic rings. The minimum Gasteiger partial charge on any atom is -0.396 e. The smallest absolute Gasteiger partial charge is 0.157 e. The summed E-state index contributed by atoms with van der Waals surface area (Å²) in [7, 11) is 0. The lowest BCUT2D eigenvalue weighted by molar-refractivity contribution is -0.161. The summed E-state index contributed by atoms with van der Waals surface area (Å²) in [6, 6.07) is 4.29. The molecule has 1 aromatic carbocycles. The number of aliphatic hydroxyl groups is 2. The van der Waals surface area contributed by atoms with Crippen LogP contribution >= 0.6 is 15.9 Å². The maximum Gasteiger partial charge on any atom is 0.157 e. The van der Waals surface area contributed by atoms with Gasteiger partial charge in [-0.25, -0.2) is 0 Å². The van der Waals surface area contributed by atoms with Gasteiger partial charge in [0.25, 0.3) is 0 Å². The summed E-state index contributed by atoms with van der Waals surface area (Å²) < 4.78 is 12.6. The molecule has 24 heavy (non-hydrogen) atoms. The van der Waals surface area contributed by atoms with Crippen molar-refractivity contribution in [1.82, 2.24) is 0 Å². The molecule has 1 heterocycles. The van der Waals surface area contributed by atoms with Gasteiger partial charge in [-0.2, -0.15) is 0 Å². The van der Waals surface area contributed by atoms with E-state index in [9.17, 15) is 0 Å². The van der Waals surface area contributed by atoms with Gasteiger partial charge in [0.2, 0.25) is 0 Å². The van der Waals surface area contributed by atoms with E-state index in [1.807, 2.05) is 0 Å². The first-order chi connectivity index (χ1) is 11.7. The molecule has 1 aliphatic heterocycles. The lowest BCUT2D eigenvalue weighted by atomic mass is 9.93. The average Bonchev–Trinajstić information content (AvgIpc) is 2.60. The van der Waals surface area contributed by atoms with Crippen molar-refractivity contribution in [3.63, 3.8) is 0 Å². The Morgan fingerprint density at radius 1 is 1.04 bits per heavy atom. The molecule has 0 bridgehead atoms. The van der Waals surface area contributed by atoms with Gasteiger partial charge in [-0.05, 0) is 80.2 Å². The van der Waals surface area contributed by atoms with Gasteiger partial charge in [0.1, 0.15) is 0 Å². The molecule has 2 rings (SSSR count). The van der Waals surface area contributed by atoms with Crippen molar-refractivity contribution in [2.24, 2.45) is 0 Å². The Labute approximate surface area is 153 Å². The molecule has 0 radical (unpaired) electrons. The highest BCUT2D eigenvalue weighted by Crippen LogP contribution is 2.25. The molecule has 0 aliphatic carbocycles. The number of hydrogen-bond donors (Lipinski definition) is 2. The maximum atomic E-state index is 9.16. The van der Waals surface area contributed by atoms with Crippen molar-refractivity contribution in [3.8, 4) is 0 Å². The molecular formula is C19H29BrO4. The van der Waals surface area contributed by atoms with Crippen molar-refractivity contribution < 1.29 is 19.7 Å². The predicted octanol–water partition coefficient (Wildman–Crippen LogP) is 3.38. The van der Waals surface area contributed by atoms with Crippen LogP contribution in [0.5, 0.6) is 0 Å². The molecule has 1 unspecified atom stereocenters. The van der Waals surface area contributed by atoms with Gasteiger partial charge in [-0.3, -0.25) is 0 Å². The summed E-state index contributed by atoms with van der Waals surface area (Å²) in [5, 5.41) is 18.3. The second kappa shape index (κ2) is 11.2. The summed E-state index contributed by atoms with van der Waals surface area (Å²) in [5.41, 5.74) is 3.83. The molecule has 0 aromatic heterocycles. The van der Waals surface area contributed by atoms with Crippen molar-refractivity contribution in [2.75, 3.05) is 26.4 Å². The van der Waals surface area contributed by atoms with E-state index in [-0.39, 0.29) is 19.5 Å². The fourth-order valence-electron chi connectivity index (χ4n) is 3.20. The lowest BCUT2D eigenvalue weighted by Crippen LogP contribution is -2.23. The Morgan fingerprint density at radius 3 is 2.25 bits per heavy atom. The molecule has 1 aromatic rings. The Hall–Kier alpha value is -0.460. The van der Waals surface area contributed by atoms with Gasteiger partial charge in [-0.15, -0.1) is 0 Å². The third kappa shape index (κ3) is 6.45. The highest BCUT2D eigenvalue weighted by atomic mass is 79.9. The van der Waals surface area contributed by atoms with Crippen LogP contribution in [0.3, 0.4) is 0 Å². The zero-order valence-corrected chi connectivity index (χ0v) is 15.9. The third-order valence-corrected chi connectivity index (χ3v) is 4.86. The predicted molar refractivity (Wildman–Crippen MR) is 98.2 cm³/mol. The number of benzene rings is 1. The zero-order valence-electron chi connectivity index (χ0n) is 14.3. The van der Waals surface area contributed by atoms with E-state index >= 15 is 0 Å². The summed E-state index contributed by atoms with van der Waals surface area (Å²) in [4.78, 5) is 0. The van der Waals surface area contributed by atoms with E-state index < -0.39 is 0 Å². The third-order valence-electron chi connectivity index (χ3n) is 4.40. The number of halogens is 1. The molecule has 1 atom stereocenters. The van der Waals surface area contributed by atoms with Gasteiger partial charge in [0.15, 0.2) is 6.29 Å². The zero-order chi connectivity index (χ0) is 17.2. The lowest BCUT2D eigenvalue weighted by Gasteiger charge is -2.23. The normalized spacial score (nSPS) is 18.0. The number of aryl methyl sites for hydroxylation is 2. The van der Waals surface area contributed by atoms with Crippen molar-refractivity contribution in [1.29, 1.82) is 0 Å². The standard InChI is InChI=1S/C19H29BrO4/c20-17-13-15(5-3-9-21)18(16(14-17)6-4-10-22)8-12-24-19-7-1-2-11-23-19/h13-14,19,21-22H,1-12H2. The molecule has 5 heteroatoms. The van der Waals surface area contributed by atoms with Gasteiger partial charge in [0, 0.05) is 24.3 Å². The maximum absolute atomic E-state index is 9.16. The van der Waals surface area contributed by atoms with E-state index in [0.29, 0.717) is 6.61 Å². The minimum absolute atomic E-state index is 0.0593. The Balaban J connectivity index is 2.04. The highest BCUT2D eigenvalue weighted by molar-refractivity contribution is 9.10. The number of aliphatic hydroxyl groups excluding tert-OH is 2. The fraction of sp³-hybridized carbons (Fsp3) is 0.684. The van der Waals surface area contributed by atoms with Crippen LogP contribution in [0.15, 0.2) is 16.6 Å². The Bertz CT molecular complexity index is 457. The van der Waals surface area contributed by atoms with Crippen LogP contribution in [0.4, 0.5) is 0 Å². The molecule has 0 saturated carbocycles. The molecular weight excluding hydrogens is 372 g/mol. The second-order valence-corrected chi connectivity index (χ2v) is 7.19. The topological polar surface area (TPSA) is 58.9 Å². The summed E-state index contributed by atoms with van der Waals surface area (Å²) in [6.07, 6.45) is 7.30. The molecule has 2 N–H and O–H groups in total. The molecule has 0 spiro atoms. The molecule has 136 valence electrons. The first kappa shape index (κ1) is 19.9. The van der Waals surface area contributed by atoms with Crippen LogP contribution in [0.1, 0.15) is 48.8 Å². The van der Waals surface area contributed by atoms with Crippen LogP contribution in [0, 0.1) is 0 Å². The van der Waals surface area contributed by atoms with Gasteiger partial charge < -0.3 is 19.7 Å². The Kier molecular flexibility index (Phi) is 9.28. The van der Waals surface area contributed by atoms with E-state index in [1.165, 1.54) is 23.1 Å². The molecule has 4 nitrogen and oxygen atoms in total. The van der Waals surface area contributed by atoms with Crippen LogP contribution in [-0.4, -0.2) is 42.9 Å². The summed E-state index contributed by atoms with van der Waals surface area (Å²) in [5.74, 6) is 0. The van der Waals surface area contributed by atoms with Gasteiger partial charge in [-0.1, -0.05) is 15.9 Å². The van der Waals surface area contributed by atoms with Crippen molar-refractivity contribution in [3.05, 3.63) is 33.3 Å². The van der Waals surface area contributed by atoms with Crippen LogP contribution in [-0.2, 0) is 28.7 Å². The van der Waals surface area contributed by atoms with Crippen molar-refractivity contribution in [2.45, 2.75) is 57.7 Å². The number of ether oxygens (including phenoxy) is 2. The first-order valence-electron chi connectivity index (χ1n) is 8.99. The van der Waals surface area contributed by atoms with E-state index in [0.717, 1.165) is 56.0 Å². The van der Waals surface area contributed by atoms with E-state index in [2.05, 4.69) is 28.1 Å². The molecule has 1 saturated heterocycles. The Morgan fingerprint density at radius 2 is 1.71 bits per heavy atom. The average molecular weight is 401 g/mol. The molecule has 0 amide bonds. The number of hydrogen-bond acceptors (Lipinski definition) is 4. The van der Waals surface area contributed by atoms with Crippen LogP contribution in [0.25, 0.3) is 0 Å². The van der Waals surface area contributed by atoms with Crippen LogP contribution in [0.2, 0.25) is 0 Å². The molecule has 1 fully saturated rings. The monoisotopic (exact) mass is 400 g/mol. The number of rotatable bonds is 10. The van der Waals surface area contributed by atoms with Gasteiger partial charge in [0.05, 0.1) is 6.61 Å². The summed E-state index contributed by atoms with van der Waals surface area (Å²) >= 11 is 3.59. The van der Waals surface area contributed by atoms with E-state index in [1.54, 1.807) is 0 Å². The minimum atomic E-state index is -0.0593. The highest BCUT2D eigenvalue weighted by Gasteiger charge is 2.15. The second-order valence-electron chi connectivity index (χ2n) is 6.27. The first-order valence-corrected chi connectivity index (χ1v) is 9.79. The van der Waals surface area contributed by atoms with Crippen LogP contribution < -0.4 is 0 Å². The largest absolute Gasteiger partial charge is 0.396 e. The SMILES string of the molecule is OCCCc1cc(Br)cc(CCCO)c1CCOC1CCCCO1. The van der Waals surface area contributed by atoms with E-state index in [4.69, 9.17) is 19.7 Å². The quantitative estimate of drug-likeness (QED) is 0.631.